The van der Waals surface area contributed by atoms with E-state index in [2.05, 4.69) is 23.7 Å². The highest BCUT2D eigenvalue weighted by molar-refractivity contribution is 7.91. The number of aromatic nitrogens is 1. The number of fused-ring (bicyclic) bond motifs is 1. The summed E-state index contributed by atoms with van der Waals surface area (Å²) in [5, 5.41) is 0.466. The summed E-state index contributed by atoms with van der Waals surface area (Å²) in [6.07, 6.45) is 1.17. The van der Waals surface area contributed by atoms with Crippen molar-refractivity contribution in [2.75, 3.05) is 57.2 Å². The number of carbonyl (C=O) groups is 1. The van der Waals surface area contributed by atoms with Gasteiger partial charge in [0, 0.05) is 32.4 Å². The molecule has 1 aliphatic heterocycles. The summed E-state index contributed by atoms with van der Waals surface area (Å²) < 4.78 is 36.5. The van der Waals surface area contributed by atoms with E-state index >= 15 is 0 Å². The van der Waals surface area contributed by atoms with Gasteiger partial charge in [0.15, 0.2) is 21.6 Å². The number of sulfone groups is 1. The molecule has 0 bridgehead atoms. The number of ether oxygens (including phenoxy) is 2. The molecule has 0 unspecified atom stereocenters. The van der Waals surface area contributed by atoms with Crippen molar-refractivity contribution >= 4 is 42.4 Å². The molecule has 4 rings (SSSR count). The molecule has 1 amide bonds. The fourth-order valence-electron chi connectivity index (χ4n) is 3.89. The summed E-state index contributed by atoms with van der Waals surface area (Å²) in [6.45, 7) is 8.13. The van der Waals surface area contributed by atoms with Crippen molar-refractivity contribution in [1.82, 2.24) is 9.88 Å². The number of amides is 1. The zero-order valence-corrected chi connectivity index (χ0v) is 21.9. The van der Waals surface area contributed by atoms with Crippen LogP contribution in [0.25, 0.3) is 10.2 Å². The zero-order valence-electron chi connectivity index (χ0n) is 20.3. The van der Waals surface area contributed by atoms with E-state index in [1.165, 1.54) is 23.2 Å². The molecule has 3 aromatic rings. The van der Waals surface area contributed by atoms with Gasteiger partial charge in [-0.05, 0) is 35.7 Å². The first-order valence-corrected chi connectivity index (χ1v) is 14.4. The van der Waals surface area contributed by atoms with Crippen LogP contribution in [0.1, 0.15) is 25.3 Å². The second-order valence-corrected chi connectivity index (χ2v) is 11.9. The van der Waals surface area contributed by atoms with Gasteiger partial charge in [-0.2, -0.15) is 0 Å². The minimum Gasteiger partial charge on any atom is -0.484 e. The normalized spacial score (nSPS) is 15.0. The van der Waals surface area contributed by atoms with Crippen LogP contribution >= 0.6 is 11.3 Å². The van der Waals surface area contributed by atoms with E-state index < -0.39 is 9.84 Å². The van der Waals surface area contributed by atoms with E-state index in [0.29, 0.717) is 48.6 Å². The number of hydrogen-bond donors (Lipinski definition) is 0. The maximum Gasteiger partial charge on any atom is 0.266 e. The van der Waals surface area contributed by atoms with Crippen LogP contribution in [-0.4, -0.2) is 76.5 Å². The van der Waals surface area contributed by atoms with Crippen LogP contribution in [0, 0.1) is 0 Å². The van der Waals surface area contributed by atoms with Crippen LogP contribution in [0.3, 0.4) is 0 Å². The van der Waals surface area contributed by atoms with Crippen molar-refractivity contribution in [2.24, 2.45) is 0 Å². The molecule has 2 heterocycles. The molecule has 0 atom stereocenters. The van der Waals surface area contributed by atoms with E-state index in [0.717, 1.165) is 17.8 Å². The summed E-state index contributed by atoms with van der Waals surface area (Å²) in [6, 6.07) is 12.8. The van der Waals surface area contributed by atoms with Crippen LogP contribution in [-0.2, 0) is 19.4 Å². The van der Waals surface area contributed by atoms with Gasteiger partial charge < -0.3 is 9.47 Å². The van der Waals surface area contributed by atoms with E-state index in [4.69, 9.17) is 9.47 Å². The molecule has 1 aliphatic rings. The lowest BCUT2D eigenvalue weighted by Crippen LogP contribution is -2.44. The van der Waals surface area contributed by atoms with Gasteiger partial charge in [0.05, 0.1) is 22.8 Å². The average Bonchev–Trinajstić information content (AvgIpc) is 3.27. The van der Waals surface area contributed by atoms with E-state index in [1.54, 1.807) is 17.0 Å². The van der Waals surface area contributed by atoms with E-state index in [9.17, 15) is 13.2 Å². The molecule has 35 heavy (non-hydrogen) atoms. The minimum atomic E-state index is -3.45. The van der Waals surface area contributed by atoms with Crippen molar-refractivity contribution in [3.63, 3.8) is 0 Å². The maximum atomic E-state index is 13.3. The number of benzene rings is 2. The Bertz CT molecular complexity index is 1270. The Morgan fingerprint density at radius 2 is 1.89 bits per heavy atom. The van der Waals surface area contributed by atoms with Gasteiger partial charge in [-0.15, -0.1) is 0 Å². The lowest BCUT2D eigenvalue weighted by Gasteiger charge is -2.29. The number of hydrogen-bond acceptors (Lipinski definition) is 8. The van der Waals surface area contributed by atoms with Crippen LogP contribution in [0.2, 0.25) is 0 Å². The van der Waals surface area contributed by atoms with Gasteiger partial charge in [0.1, 0.15) is 11.3 Å². The number of para-hydroxylation sites is 1. The Morgan fingerprint density at radius 3 is 2.54 bits per heavy atom. The van der Waals surface area contributed by atoms with Crippen molar-refractivity contribution in [1.29, 1.82) is 0 Å². The molecule has 0 N–H and O–H groups in total. The monoisotopic (exact) mass is 517 g/mol. The lowest BCUT2D eigenvalue weighted by atomic mass is 10.0. The fraction of sp³-hybridized carbons (Fsp3) is 0.440. The smallest absolute Gasteiger partial charge is 0.266 e. The topological polar surface area (TPSA) is 89.0 Å². The first-order chi connectivity index (χ1) is 16.7. The van der Waals surface area contributed by atoms with E-state index in [-0.39, 0.29) is 17.4 Å². The van der Waals surface area contributed by atoms with Crippen molar-refractivity contribution < 1.29 is 22.7 Å². The number of anilines is 1. The van der Waals surface area contributed by atoms with Crippen molar-refractivity contribution in [2.45, 2.75) is 24.7 Å². The number of rotatable bonds is 9. The van der Waals surface area contributed by atoms with Gasteiger partial charge >= 0.3 is 0 Å². The van der Waals surface area contributed by atoms with Gasteiger partial charge in [-0.25, -0.2) is 13.4 Å². The second kappa shape index (κ2) is 11.0. The van der Waals surface area contributed by atoms with Crippen molar-refractivity contribution in [3.8, 4) is 5.75 Å². The molecule has 1 saturated heterocycles. The van der Waals surface area contributed by atoms with Crippen LogP contribution in [0.15, 0.2) is 47.4 Å². The predicted molar refractivity (Wildman–Crippen MR) is 138 cm³/mol. The Kier molecular flexibility index (Phi) is 8.05. The average molecular weight is 518 g/mol. The molecule has 188 valence electrons. The molecule has 10 heteroatoms. The minimum absolute atomic E-state index is 0.140. The second-order valence-electron chi connectivity index (χ2n) is 8.88. The molecule has 0 saturated carbocycles. The van der Waals surface area contributed by atoms with Crippen molar-refractivity contribution in [3.05, 3.63) is 48.0 Å². The number of nitrogens with zero attached hydrogens (tertiary/aromatic N) is 3. The third kappa shape index (κ3) is 6.38. The SMILES string of the molecule is CC(C)c1ccc(OCC(=O)N(CCN2CCOCC2)c2nc3c(S(C)(=O)=O)cccc3s2)cc1. The molecule has 0 radical (unpaired) electrons. The van der Waals surface area contributed by atoms with Gasteiger partial charge in [-0.1, -0.05) is 43.4 Å². The Balaban J connectivity index is 1.56. The third-order valence-corrected chi connectivity index (χ3v) is 8.13. The number of carbonyl (C=O) groups excluding carboxylic acids is 1. The summed E-state index contributed by atoms with van der Waals surface area (Å²) in [5.74, 6) is 0.808. The Morgan fingerprint density at radius 1 is 1.17 bits per heavy atom. The summed E-state index contributed by atoms with van der Waals surface area (Å²) in [4.78, 5) is 21.9. The molecular formula is C25H31N3O5S2. The molecule has 0 aliphatic carbocycles. The predicted octanol–water partition coefficient (Wildman–Crippen LogP) is 3.57. The Labute approximate surface area is 210 Å². The van der Waals surface area contributed by atoms with Gasteiger partial charge in [0.2, 0.25) is 0 Å². The molecular weight excluding hydrogens is 486 g/mol. The highest BCUT2D eigenvalue weighted by atomic mass is 32.2. The number of thiazole rings is 1. The summed E-state index contributed by atoms with van der Waals surface area (Å²) >= 11 is 1.31. The standard InChI is InChI=1S/C25H31N3O5S2/c1-18(2)19-7-9-20(10-8-19)33-17-23(29)28(12-11-27-13-15-32-16-14-27)25-26-24-21(34-25)5-4-6-22(24)35(3,30)31/h4-10,18H,11-17H2,1-3H3. The molecule has 1 aromatic heterocycles. The molecule has 2 aromatic carbocycles. The van der Waals surface area contributed by atoms with Crippen LogP contribution < -0.4 is 9.64 Å². The molecule has 1 fully saturated rings. The zero-order chi connectivity index (χ0) is 25.0. The first-order valence-electron chi connectivity index (χ1n) is 11.6. The Hall–Kier alpha value is -2.53. The molecule has 8 nitrogen and oxygen atoms in total. The van der Waals surface area contributed by atoms with Gasteiger partial charge in [0.25, 0.3) is 5.91 Å². The highest BCUT2D eigenvalue weighted by Crippen LogP contribution is 2.33. The first kappa shape index (κ1) is 25.6. The van der Waals surface area contributed by atoms with E-state index in [1.807, 2.05) is 30.3 Å². The lowest BCUT2D eigenvalue weighted by molar-refractivity contribution is -0.120. The maximum absolute atomic E-state index is 13.3. The number of morpholine rings is 1. The fourth-order valence-corrected chi connectivity index (χ4v) is 5.82. The van der Waals surface area contributed by atoms with Gasteiger partial charge in [-0.3, -0.25) is 14.6 Å². The third-order valence-electron chi connectivity index (χ3n) is 5.95. The summed E-state index contributed by atoms with van der Waals surface area (Å²) in [7, 11) is -3.45. The largest absolute Gasteiger partial charge is 0.484 e. The highest BCUT2D eigenvalue weighted by Gasteiger charge is 2.24. The molecule has 0 spiro atoms. The summed E-state index contributed by atoms with van der Waals surface area (Å²) in [5.41, 5.74) is 1.59. The quantitative estimate of drug-likeness (QED) is 0.429. The van der Waals surface area contributed by atoms with Crippen LogP contribution in [0.4, 0.5) is 5.13 Å². The van der Waals surface area contributed by atoms with Crippen LogP contribution in [0.5, 0.6) is 5.75 Å².